The number of rotatable bonds is 4. The van der Waals surface area contributed by atoms with Crippen LogP contribution in [0.5, 0.6) is 0 Å². The summed E-state index contributed by atoms with van der Waals surface area (Å²) in [7, 11) is 0. The predicted octanol–water partition coefficient (Wildman–Crippen LogP) is 6.27. The summed E-state index contributed by atoms with van der Waals surface area (Å²) in [6.45, 7) is 4.61. The SMILES string of the molecule is CC1=CCCC(F)=C1N1CCC(c2cc3nc(C)cnc3n(Cc3ccccc3C(F)(F)F)c2=O)CC1. The highest BCUT2D eigenvalue weighted by molar-refractivity contribution is 5.71. The first-order valence-corrected chi connectivity index (χ1v) is 12.5. The first-order chi connectivity index (χ1) is 17.6. The van der Waals surface area contributed by atoms with Crippen LogP contribution in [0.4, 0.5) is 17.6 Å². The second kappa shape index (κ2) is 9.76. The Hall–Kier alpha value is -3.49. The summed E-state index contributed by atoms with van der Waals surface area (Å²) in [5.74, 6) is -0.211. The molecule has 0 unspecified atom stereocenters. The van der Waals surface area contributed by atoms with Gasteiger partial charge in [0.15, 0.2) is 5.65 Å². The molecule has 0 bridgehead atoms. The first kappa shape index (κ1) is 25.2. The molecule has 5 rings (SSSR count). The molecule has 1 aromatic carbocycles. The second-order valence-electron chi connectivity index (χ2n) is 9.81. The Labute approximate surface area is 212 Å². The minimum atomic E-state index is -4.54. The number of pyridine rings is 1. The van der Waals surface area contributed by atoms with Crippen molar-refractivity contribution in [2.24, 2.45) is 0 Å². The third kappa shape index (κ3) is 4.91. The number of benzene rings is 1. The molecule has 3 aromatic rings. The fraction of sp³-hybridized carbons (Fsp3) is 0.393. The van der Waals surface area contributed by atoms with Gasteiger partial charge in [0.2, 0.25) is 0 Å². The van der Waals surface area contributed by atoms with E-state index in [2.05, 4.69) is 9.97 Å². The Balaban J connectivity index is 1.52. The maximum atomic E-state index is 14.6. The van der Waals surface area contributed by atoms with E-state index in [4.69, 9.17) is 0 Å². The van der Waals surface area contributed by atoms with Crippen LogP contribution in [0.1, 0.15) is 60.9 Å². The monoisotopic (exact) mass is 512 g/mol. The van der Waals surface area contributed by atoms with Gasteiger partial charge in [0, 0.05) is 25.1 Å². The first-order valence-electron chi connectivity index (χ1n) is 12.5. The minimum absolute atomic E-state index is 0.00489. The normalized spacial score (nSPS) is 17.5. The standard InChI is InChI=1S/C28H28F4N4O/c1-17-6-5-9-23(29)25(17)35-12-10-19(11-13-35)21-14-24-26(33-15-18(2)34-24)36(27(21)37)16-20-7-3-4-8-22(20)28(30,31)32/h3-4,6-8,14-15,19H,5,9-13,16H2,1-2H3. The van der Waals surface area contributed by atoms with E-state index in [9.17, 15) is 22.4 Å². The van der Waals surface area contributed by atoms with Crippen LogP contribution in [0.2, 0.25) is 0 Å². The lowest BCUT2D eigenvalue weighted by Gasteiger charge is -2.36. The van der Waals surface area contributed by atoms with E-state index in [0.29, 0.717) is 61.2 Å². The topological polar surface area (TPSA) is 51.0 Å². The van der Waals surface area contributed by atoms with Gasteiger partial charge in [-0.3, -0.25) is 9.36 Å². The lowest BCUT2D eigenvalue weighted by molar-refractivity contribution is -0.138. The van der Waals surface area contributed by atoms with E-state index in [1.54, 1.807) is 13.0 Å². The Morgan fingerprint density at radius 2 is 1.84 bits per heavy atom. The molecule has 194 valence electrons. The summed E-state index contributed by atoms with van der Waals surface area (Å²) in [6, 6.07) is 7.00. The fourth-order valence-corrected chi connectivity index (χ4v) is 5.48. The van der Waals surface area contributed by atoms with Crippen LogP contribution in [0, 0.1) is 6.92 Å². The van der Waals surface area contributed by atoms with E-state index in [1.807, 2.05) is 17.9 Å². The number of halogens is 4. The Morgan fingerprint density at radius 1 is 1.11 bits per heavy atom. The fourth-order valence-electron chi connectivity index (χ4n) is 5.48. The average molecular weight is 513 g/mol. The van der Waals surface area contributed by atoms with Crippen LogP contribution in [0.3, 0.4) is 0 Å². The molecule has 2 aliphatic rings. The van der Waals surface area contributed by atoms with Gasteiger partial charge in [-0.1, -0.05) is 24.3 Å². The quantitative estimate of drug-likeness (QED) is 0.387. The van der Waals surface area contributed by atoms with Gasteiger partial charge >= 0.3 is 6.18 Å². The number of allylic oxidation sites excluding steroid dienone is 3. The second-order valence-corrected chi connectivity index (χ2v) is 9.81. The van der Waals surface area contributed by atoms with Crippen molar-refractivity contribution in [2.45, 2.75) is 58.2 Å². The zero-order chi connectivity index (χ0) is 26.3. The molecule has 1 aliphatic heterocycles. The summed E-state index contributed by atoms with van der Waals surface area (Å²) >= 11 is 0. The van der Waals surface area contributed by atoms with Crippen LogP contribution >= 0.6 is 0 Å². The number of nitrogens with zero attached hydrogens (tertiary/aromatic N) is 4. The summed E-state index contributed by atoms with van der Waals surface area (Å²) in [4.78, 5) is 24.7. The molecule has 5 nitrogen and oxygen atoms in total. The van der Waals surface area contributed by atoms with Crippen molar-refractivity contribution in [1.29, 1.82) is 0 Å². The molecule has 37 heavy (non-hydrogen) atoms. The van der Waals surface area contributed by atoms with E-state index in [-0.39, 0.29) is 35.1 Å². The molecule has 1 saturated heterocycles. The molecule has 3 heterocycles. The molecule has 1 fully saturated rings. The van der Waals surface area contributed by atoms with Crippen LogP contribution in [-0.2, 0) is 12.7 Å². The maximum Gasteiger partial charge on any atom is 0.416 e. The third-order valence-corrected chi connectivity index (χ3v) is 7.29. The molecule has 0 saturated carbocycles. The zero-order valence-corrected chi connectivity index (χ0v) is 20.8. The molecular formula is C28H28F4N4O. The molecule has 0 radical (unpaired) electrons. The number of hydrogen-bond acceptors (Lipinski definition) is 4. The summed E-state index contributed by atoms with van der Waals surface area (Å²) in [6.07, 6.45) is 1.37. The van der Waals surface area contributed by atoms with Gasteiger partial charge in [-0.15, -0.1) is 0 Å². The minimum Gasteiger partial charge on any atom is -0.369 e. The van der Waals surface area contributed by atoms with Crippen molar-refractivity contribution in [3.05, 3.63) is 92.4 Å². The van der Waals surface area contributed by atoms with E-state index >= 15 is 0 Å². The molecule has 0 atom stereocenters. The van der Waals surface area contributed by atoms with Crippen LogP contribution in [0.25, 0.3) is 11.2 Å². The Bertz CT molecular complexity index is 1460. The average Bonchev–Trinajstić information content (AvgIpc) is 2.85. The van der Waals surface area contributed by atoms with Crippen LogP contribution in [-0.4, -0.2) is 32.5 Å². The highest BCUT2D eigenvalue weighted by Crippen LogP contribution is 2.35. The van der Waals surface area contributed by atoms with Gasteiger partial charge in [-0.25, -0.2) is 14.4 Å². The van der Waals surface area contributed by atoms with Gasteiger partial charge in [-0.05, 0) is 62.3 Å². The van der Waals surface area contributed by atoms with E-state index in [0.717, 1.165) is 11.6 Å². The van der Waals surface area contributed by atoms with E-state index in [1.165, 1.54) is 29.0 Å². The summed E-state index contributed by atoms with van der Waals surface area (Å²) in [5, 5.41) is 0. The molecule has 1 aliphatic carbocycles. The van der Waals surface area contributed by atoms with Crippen molar-refractivity contribution in [1.82, 2.24) is 19.4 Å². The van der Waals surface area contributed by atoms with Gasteiger partial charge in [0.05, 0.1) is 29.7 Å². The number of alkyl halides is 3. The van der Waals surface area contributed by atoms with E-state index < -0.39 is 11.7 Å². The highest BCUT2D eigenvalue weighted by atomic mass is 19.4. The number of hydrogen-bond donors (Lipinski definition) is 0. The molecule has 2 aromatic heterocycles. The van der Waals surface area contributed by atoms with Crippen LogP contribution < -0.4 is 5.56 Å². The molecule has 0 spiro atoms. The van der Waals surface area contributed by atoms with Crippen molar-refractivity contribution in [2.75, 3.05) is 13.1 Å². The lowest BCUT2D eigenvalue weighted by atomic mass is 9.88. The number of fused-ring (bicyclic) bond motifs is 1. The Morgan fingerprint density at radius 3 is 2.54 bits per heavy atom. The molecule has 0 N–H and O–H groups in total. The lowest BCUT2D eigenvalue weighted by Crippen LogP contribution is -2.36. The largest absolute Gasteiger partial charge is 0.416 e. The highest BCUT2D eigenvalue weighted by Gasteiger charge is 2.33. The van der Waals surface area contributed by atoms with Gasteiger partial charge in [0.25, 0.3) is 5.56 Å². The molecular weight excluding hydrogens is 484 g/mol. The summed E-state index contributed by atoms with van der Waals surface area (Å²) in [5.41, 5.74) is 2.34. The number of likely N-dealkylation sites (tertiary alicyclic amines) is 1. The van der Waals surface area contributed by atoms with Crippen molar-refractivity contribution in [3.8, 4) is 0 Å². The Kier molecular flexibility index (Phi) is 6.64. The van der Waals surface area contributed by atoms with Crippen molar-refractivity contribution >= 4 is 11.2 Å². The van der Waals surface area contributed by atoms with Gasteiger partial charge < -0.3 is 4.90 Å². The van der Waals surface area contributed by atoms with Crippen molar-refractivity contribution < 1.29 is 17.6 Å². The number of aryl methyl sites for hydroxylation is 1. The number of aromatic nitrogens is 3. The predicted molar refractivity (Wildman–Crippen MR) is 134 cm³/mol. The summed E-state index contributed by atoms with van der Waals surface area (Å²) < 4.78 is 57.0. The maximum absolute atomic E-state index is 14.6. The molecule has 0 amide bonds. The van der Waals surface area contributed by atoms with Gasteiger partial charge in [-0.2, -0.15) is 13.2 Å². The van der Waals surface area contributed by atoms with Crippen molar-refractivity contribution in [3.63, 3.8) is 0 Å². The zero-order valence-electron chi connectivity index (χ0n) is 20.8. The third-order valence-electron chi connectivity index (χ3n) is 7.29. The number of piperidine rings is 1. The molecule has 9 heteroatoms. The smallest absolute Gasteiger partial charge is 0.369 e. The van der Waals surface area contributed by atoms with Gasteiger partial charge in [0.1, 0.15) is 11.3 Å². The van der Waals surface area contributed by atoms with Crippen LogP contribution in [0.15, 0.2) is 64.5 Å².